The predicted octanol–water partition coefficient (Wildman–Crippen LogP) is 14.2. The topological polar surface area (TPSA) is 9.86 Å². The van der Waals surface area contributed by atoms with Crippen molar-refractivity contribution in [2.75, 3.05) is 0 Å². The Balaban J connectivity index is 1.10. The van der Waals surface area contributed by atoms with Gasteiger partial charge in [-0.1, -0.05) is 141 Å². The van der Waals surface area contributed by atoms with Crippen LogP contribution in [0.3, 0.4) is 0 Å². The van der Waals surface area contributed by atoms with Crippen molar-refractivity contribution in [3.05, 3.63) is 193 Å². The van der Waals surface area contributed by atoms with E-state index in [1.807, 2.05) is 0 Å². The molecule has 11 aromatic rings. The minimum atomic E-state index is -0.0859. The molecule has 258 valence electrons. The van der Waals surface area contributed by atoms with Crippen LogP contribution in [-0.4, -0.2) is 9.13 Å². The average Bonchev–Trinajstić information content (AvgIpc) is 3.83. The molecule has 0 N–H and O–H groups in total. The molecule has 2 aromatic heterocycles. The lowest BCUT2D eigenvalue weighted by molar-refractivity contribution is 0.661. The summed E-state index contributed by atoms with van der Waals surface area (Å²) in [7, 11) is 0. The Kier molecular flexibility index (Phi) is 6.15. The zero-order chi connectivity index (χ0) is 36.4. The van der Waals surface area contributed by atoms with Crippen molar-refractivity contribution >= 4 is 65.2 Å². The van der Waals surface area contributed by atoms with Gasteiger partial charge >= 0.3 is 0 Å². The molecule has 0 amide bonds. The molecular formula is C53H36N2. The lowest BCUT2D eigenvalue weighted by Crippen LogP contribution is -2.14. The summed E-state index contributed by atoms with van der Waals surface area (Å²) in [6.07, 6.45) is 0. The Bertz CT molecular complexity index is 3410. The van der Waals surface area contributed by atoms with E-state index in [-0.39, 0.29) is 5.41 Å². The SMILES string of the molecule is CC1(C)c2ccccc2-c2c1ccc1c3cc(-c4ccc5c(c4)c4ccccc4n5-c4ccc5ccccc5c4)ccc3n(-c3ccc4ccccc4c3)c21. The summed E-state index contributed by atoms with van der Waals surface area (Å²) in [5, 5.41) is 10.1. The van der Waals surface area contributed by atoms with Crippen LogP contribution in [0.2, 0.25) is 0 Å². The van der Waals surface area contributed by atoms with Crippen molar-refractivity contribution in [3.8, 4) is 33.6 Å². The minimum Gasteiger partial charge on any atom is -0.309 e. The Hall–Kier alpha value is -6.90. The zero-order valence-electron chi connectivity index (χ0n) is 30.7. The Morgan fingerprint density at radius 3 is 1.62 bits per heavy atom. The number of hydrogen-bond acceptors (Lipinski definition) is 0. The summed E-state index contributed by atoms with van der Waals surface area (Å²) in [4.78, 5) is 0. The maximum Gasteiger partial charge on any atom is 0.0622 e. The molecule has 0 spiro atoms. The summed E-state index contributed by atoms with van der Waals surface area (Å²) >= 11 is 0. The van der Waals surface area contributed by atoms with E-state index >= 15 is 0 Å². The van der Waals surface area contributed by atoms with Gasteiger partial charge in [-0.05, 0) is 104 Å². The van der Waals surface area contributed by atoms with Crippen LogP contribution >= 0.6 is 0 Å². The second-order valence-corrected chi connectivity index (χ2v) is 15.8. The molecule has 0 unspecified atom stereocenters. The van der Waals surface area contributed by atoms with Gasteiger partial charge in [-0.2, -0.15) is 0 Å². The third-order valence-electron chi connectivity index (χ3n) is 12.5. The maximum absolute atomic E-state index is 2.53. The van der Waals surface area contributed by atoms with E-state index in [9.17, 15) is 0 Å². The Labute approximate surface area is 319 Å². The number of hydrogen-bond donors (Lipinski definition) is 0. The second kappa shape index (κ2) is 11.1. The van der Waals surface area contributed by atoms with Gasteiger partial charge in [-0.15, -0.1) is 0 Å². The summed E-state index contributed by atoms with van der Waals surface area (Å²) in [6.45, 7) is 4.75. The summed E-state index contributed by atoms with van der Waals surface area (Å²) in [5.41, 5.74) is 15.1. The summed E-state index contributed by atoms with van der Waals surface area (Å²) in [6, 6.07) is 67.7. The molecule has 2 heteroatoms. The summed E-state index contributed by atoms with van der Waals surface area (Å²) < 4.78 is 4.94. The van der Waals surface area contributed by atoms with Crippen LogP contribution in [0.15, 0.2) is 182 Å². The zero-order valence-corrected chi connectivity index (χ0v) is 30.7. The van der Waals surface area contributed by atoms with E-state index in [0.717, 1.165) is 0 Å². The molecule has 0 atom stereocenters. The largest absolute Gasteiger partial charge is 0.309 e. The van der Waals surface area contributed by atoms with Gasteiger partial charge in [0.05, 0.1) is 22.1 Å². The van der Waals surface area contributed by atoms with Crippen LogP contribution in [0.4, 0.5) is 0 Å². The average molecular weight is 701 g/mol. The monoisotopic (exact) mass is 700 g/mol. The van der Waals surface area contributed by atoms with Gasteiger partial charge in [0.2, 0.25) is 0 Å². The number of rotatable bonds is 3. The van der Waals surface area contributed by atoms with Crippen LogP contribution in [-0.2, 0) is 5.41 Å². The van der Waals surface area contributed by atoms with Gasteiger partial charge < -0.3 is 9.13 Å². The highest BCUT2D eigenvalue weighted by molar-refractivity contribution is 6.17. The van der Waals surface area contributed by atoms with E-state index in [2.05, 4.69) is 205 Å². The Morgan fingerprint density at radius 2 is 0.909 bits per heavy atom. The third-order valence-corrected chi connectivity index (χ3v) is 12.5. The molecule has 0 saturated carbocycles. The van der Waals surface area contributed by atoms with Crippen LogP contribution in [0.25, 0.3) is 98.8 Å². The van der Waals surface area contributed by atoms with Crippen LogP contribution in [0, 0.1) is 0 Å². The van der Waals surface area contributed by atoms with Crippen molar-refractivity contribution in [3.63, 3.8) is 0 Å². The molecule has 12 rings (SSSR count). The first-order valence-corrected chi connectivity index (χ1v) is 19.3. The molecular weight excluding hydrogens is 665 g/mol. The second-order valence-electron chi connectivity index (χ2n) is 15.8. The van der Waals surface area contributed by atoms with E-state index in [4.69, 9.17) is 0 Å². The van der Waals surface area contributed by atoms with Crippen LogP contribution < -0.4 is 0 Å². The van der Waals surface area contributed by atoms with Gasteiger partial charge in [0.25, 0.3) is 0 Å². The molecule has 0 radical (unpaired) electrons. The van der Waals surface area contributed by atoms with Gasteiger partial charge in [-0.3, -0.25) is 0 Å². The number of nitrogens with zero attached hydrogens (tertiary/aromatic N) is 2. The molecule has 1 aliphatic rings. The van der Waals surface area contributed by atoms with Gasteiger partial charge in [0, 0.05) is 43.9 Å². The van der Waals surface area contributed by atoms with Crippen LogP contribution in [0.1, 0.15) is 25.0 Å². The van der Waals surface area contributed by atoms with E-state index in [0.29, 0.717) is 0 Å². The predicted molar refractivity (Wildman–Crippen MR) is 233 cm³/mol. The normalized spacial score (nSPS) is 13.4. The highest BCUT2D eigenvalue weighted by Crippen LogP contribution is 2.53. The number of fused-ring (bicyclic) bond motifs is 12. The van der Waals surface area contributed by atoms with E-state index in [1.54, 1.807) is 0 Å². The van der Waals surface area contributed by atoms with Crippen molar-refractivity contribution in [2.45, 2.75) is 19.3 Å². The van der Waals surface area contributed by atoms with E-state index in [1.165, 1.54) is 110 Å². The standard InChI is InChI=1S/C53H36N2/c1-53(2)46-17-9-7-16-43(46)51-47(53)26-25-42-45-32-38(22-28-50(45)55(52(42)51)40-24-20-34-12-4-6-14-36(34)30-40)37-21-27-49-44(31-37)41-15-8-10-18-48(41)54(49)39-23-19-33-11-3-5-13-35(33)29-39/h3-32H,1-2H3. The lowest BCUT2D eigenvalue weighted by atomic mass is 9.82. The van der Waals surface area contributed by atoms with Crippen molar-refractivity contribution in [2.24, 2.45) is 0 Å². The smallest absolute Gasteiger partial charge is 0.0622 e. The van der Waals surface area contributed by atoms with Crippen LogP contribution in [0.5, 0.6) is 0 Å². The number of para-hydroxylation sites is 1. The molecule has 2 nitrogen and oxygen atoms in total. The fourth-order valence-corrected chi connectivity index (χ4v) is 9.80. The first-order chi connectivity index (χ1) is 27.0. The van der Waals surface area contributed by atoms with Crippen molar-refractivity contribution in [1.29, 1.82) is 0 Å². The molecule has 1 aliphatic carbocycles. The number of aromatic nitrogens is 2. The molecule has 9 aromatic carbocycles. The van der Waals surface area contributed by atoms with Crippen molar-refractivity contribution in [1.82, 2.24) is 9.13 Å². The maximum atomic E-state index is 2.53. The lowest BCUT2D eigenvalue weighted by Gasteiger charge is -2.21. The van der Waals surface area contributed by atoms with Gasteiger partial charge in [0.1, 0.15) is 0 Å². The molecule has 0 aliphatic heterocycles. The molecule has 55 heavy (non-hydrogen) atoms. The fraction of sp³-hybridized carbons (Fsp3) is 0.0566. The molecule has 0 bridgehead atoms. The highest BCUT2D eigenvalue weighted by atomic mass is 15.0. The fourth-order valence-electron chi connectivity index (χ4n) is 9.80. The number of benzene rings is 9. The van der Waals surface area contributed by atoms with Gasteiger partial charge in [-0.25, -0.2) is 0 Å². The molecule has 0 fully saturated rings. The third kappa shape index (κ3) is 4.25. The minimum absolute atomic E-state index is 0.0859. The quantitative estimate of drug-likeness (QED) is 0.174. The summed E-state index contributed by atoms with van der Waals surface area (Å²) in [5.74, 6) is 0. The molecule has 2 heterocycles. The van der Waals surface area contributed by atoms with E-state index < -0.39 is 0 Å². The van der Waals surface area contributed by atoms with Crippen molar-refractivity contribution < 1.29 is 0 Å². The molecule has 0 saturated heterocycles. The van der Waals surface area contributed by atoms with Gasteiger partial charge in [0.15, 0.2) is 0 Å². The first kappa shape index (κ1) is 30.6. The first-order valence-electron chi connectivity index (χ1n) is 19.3. The Morgan fingerprint density at radius 1 is 0.364 bits per heavy atom. The highest BCUT2D eigenvalue weighted by Gasteiger charge is 2.37.